The first-order chi connectivity index (χ1) is 39.5. The summed E-state index contributed by atoms with van der Waals surface area (Å²) >= 11 is 0. The number of unbranched alkanes of at least 4 members (excludes halogenated alkanes) is 44. The van der Waals surface area contributed by atoms with E-state index in [2.05, 4.69) is 81.5 Å². The van der Waals surface area contributed by atoms with Gasteiger partial charge in [0.05, 0.1) is 0 Å². The third-order valence-corrected chi connectivity index (χ3v) is 15.8. The zero-order chi connectivity index (χ0) is 57.8. The highest BCUT2D eigenvalue weighted by Gasteiger charge is 2.19. The minimum absolute atomic E-state index is 0.0702. The first kappa shape index (κ1) is 77.1. The van der Waals surface area contributed by atoms with Crippen molar-refractivity contribution >= 4 is 17.9 Å². The fourth-order valence-electron chi connectivity index (χ4n) is 10.5. The van der Waals surface area contributed by atoms with Gasteiger partial charge in [0, 0.05) is 19.3 Å². The van der Waals surface area contributed by atoms with E-state index in [-0.39, 0.29) is 31.1 Å². The van der Waals surface area contributed by atoms with Gasteiger partial charge in [0.15, 0.2) is 6.10 Å². The Morgan fingerprint density at radius 3 is 0.762 bits per heavy atom. The molecule has 0 saturated heterocycles. The lowest BCUT2D eigenvalue weighted by atomic mass is 10.0. The summed E-state index contributed by atoms with van der Waals surface area (Å²) in [5.41, 5.74) is 0. The normalized spacial score (nSPS) is 12.4. The van der Waals surface area contributed by atoms with Crippen LogP contribution in [-0.2, 0) is 28.6 Å². The first-order valence-corrected chi connectivity index (χ1v) is 35.3. The summed E-state index contributed by atoms with van der Waals surface area (Å²) in [5, 5.41) is 0. The Labute approximate surface area is 498 Å². The molecule has 0 radical (unpaired) electrons. The highest BCUT2D eigenvalue weighted by atomic mass is 16.6. The largest absolute Gasteiger partial charge is 0.462 e. The fraction of sp³-hybridized carbons (Fsp3) is 0.824. The van der Waals surface area contributed by atoms with Gasteiger partial charge in [-0.15, -0.1) is 0 Å². The Morgan fingerprint density at radius 1 is 0.263 bits per heavy atom. The molecule has 0 spiro atoms. The number of carbonyl (C=O) groups is 3. The van der Waals surface area contributed by atoms with Gasteiger partial charge < -0.3 is 14.2 Å². The summed E-state index contributed by atoms with van der Waals surface area (Å²) in [4.78, 5) is 38.4. The van der Waals surface area contributed by atoms with Gasteiger partial charge in [-0.2, -0.15) is 0 Å². The van der Waals surface area contributed by atoms with Crippen molar-refractivity contribution in [2.24, 2.45) is 0 Å². The first-order valence-electron chi connectivity index (χ1n) is 35.3. The molecule has 1 atom stereocenters. The predicted octanol–water partition coefficient (Wildman–Crippen LogP) is 24.3. The van der Waals surface area contributed by atoms with Crippen LogP contribution in [0, 0.1) is 0 Å². The lowest BCUT2D eigenvalue weighted by Crippen LogP contribution is -2.30. The Morgan fingerprint density at radius 2 is 0.487 bits per heavy atom. The lowest BCUT2D eigenvalue weighted by Gasteiger charge is -2.18. The zero-order valence-electron chi connectivity index (χ0n) is 53.6. The highest BCUT2D eigenvalue weighted by molar-refractivity contribution is 5.71. The molecule has 80 heavy (non-hydrogen) atoms. The lowest BCUT2D eigenvalue weighted by molar-refractivity contribution is -0.167. The van der Waals surface area contributed by atoms with Gasteiger partial charge in [0.25, 0.3) is 0 Å². The van der Waals surface area contributed by atoms with Crippen LogP contribution in [0.25, 0.3) is 0 Å². The molecular weight excluding hydrogens is 985 g/mol. The van der Waals surface area contributed by atoms with Gasteiger partial charge in [-0.1, -0.05) is 351 Å². The molecule has 0 aliphatic carbocycles. The number of rotatable bonds is 65. The second kappa shape index (κ2) is 68.6. The maximum atomic E-state index is 13.0. The van der Waals surface area contributed by atoms with E-state index in [0.717, 1.165) is 96.3 Å². The number of carbonyl (C=O) groups excluding carboxylic acids is 3. The number of esters is 3. The van der Waals surface area contributed by atoms with Crippen molar-refractivity contribution in [3.8, 4) is 0 Å². The van der Waals surface area contributed by atoms with E-state index in [1.165, 1.54) is 238 Å². The summed E-state index contributed by atoms with van der Waals surface area (Å²) in [6.07, 6.45) is 88.1. The minimum Gasteiger partial charge on any atom is -0.462 e. The average Bonchev–Trinajstić information content (AvgIpc) is 3.46. The quantitative estimate of drug-likeness (QED) is 0.0261. The van der Waals surface area contributed by atoms with Gasteiger partial charge in [-0.25, -0.2) is 0 Å². The van der Waals surface area contributed by atoms with Gasteiger partial charge in [0.1, 0.15) is 13.2 Å². The van der Waals surface area contributed by atoms with E-state index in [0.29, 0.717) is 19.3 Å². The van der Waals surface area contributed by atoms with Crippen LogP contribution in [-0.4, -0.2) is 37.2 Å². The number of ether oxygens (including phenoxy) is 3. The number of hydrogen-bond acceptors (Lipinski definition) is 6. The summed E-state index contributed by atoms with van der Waals surface area (Å²) < 4.78 is 17.0. The molecule has 466 valence electrons. The van der Waals surface area contributed by atoms with Crippen LogP contribution >= 0.6 is 0 Å². The third-order valence-electron chi connectivity index (χ3n) is 15.8. The average molecular weight is 1120 g/mol. The minimum atomic E-state index is -0.775. The molecule has 0 heterocycles. The second-order valence-electron chi connectivity index (χ2n) is 23.8. The van der Waals surface area contributed by atoms with Crippen LogP contribution in [0.3, 0.4) is 0 Å². The van der Waals surface area contributed by atoms with E-state index < -0.39 is 6.10 Å². The molecule has 0 rings (SSSR count). The Kier molecular flexibility index (Phi) is 66.1. The zero-order valence-corrected chi connectivity index (χ0v) is 53.6. The smallest absolute Gasteiger partial charge is 0.306 e. The molecule has 6 nitrogen and oxygen atoms in total. The topological polar surface area (TPSA) is 78.9 Å². The van der Waals surface area contributed by atoms with E-state index in [9.17, 15) is 14.4 Å². The molecule has 0 aromatic rings. The summed E-state index contributed by atoms with van der Waals surface area (Å²) in [6, 6.07) is 0. The molecule has 0 N–H and O–H groups in total. The van der Waals surface area contributed by atoms with E-state index >= 15 is 0 Å². The molecule has 0 saturated carbocycles. The van der Waals surface area contributed by atoms with E-state index in [4.69, 9.17) is 14.2 Å². The van der Waals surface area contributed by atoms with Crippen molar-refractivity contribution < 1.29 is 28.6 Å². The van der Waals surface area contributed by atoms with Crippen LogP contribution in [0.15, 0.2) is 60.8 Å². The van der Waals surface area contributed by atoms with Crippen molar-refractivity contribution in [1.82, 2.24) is 0 Å². The van der Waals surface area contributed by atoms with Gasteiger partial charge >= 0.3 is 17.9 Å². The van der Waals surface area contributed by atoms with Crippen molar-refractivity contribution in [3.63, 3.8) is 0 Å². The summed E-state index contributed by atoms with van der Waals surface area (Å²) in [7, 11) is 0. The Hall–Kier alpha value is -2.89. The number of allylic oxidation sites excluding steroid dienone is 10. The molecule has 0 aliphatic heterocycles. The maximum absolute atomic E-state index is 13.0. The van der Waals surface area contributed by atoms with Crippen molar-refractivity contribution in [3.05, 3.63) is 60.8 Å². The third kappa shape index (κ3) is 65.9. The maximum Gasteiger partial charge on any atom is 0.306 e. The number of hydrogen-bond donors (Lipinski definition) is 0. The summed E-state index contributed by atoms with van der Waals surface area (Å²) in [5.74, 6) is -0.850. The molecule has 0 aromatic heterocycles. The van der Waals surface area contributed by atoms with Gasteiger partial charge in [-0.05, 0) is 64.2 Å². The molecule has 0 aromatic carbocycles. The van der Waals surface area contributed by atoms with E-state index in [1.807, 2.05) is 0 Å². The van der Waals surface area contributed by atoms with Crippen LogP contribution in [0.1, 0.15) is 374 Å². The molecule has 0 bridgehead atoms. The van der Waals surface area contributed by atoms with Crippen LogP contribution in [0.4, 0.5) is 0 Å². The van der Waals surface area contributed by atoms with Crippen molar-refractivity contribution in [2.75, 3.05) is 13.2 Å². The molecular formula is C74H134O6. The van der Waals surface area contributed by atoms with Crippen LogP contribution < -0.4 is 0 Å². The van der Waals surface area contributed by atoms with Gasteiger partial charge in [-0.3, -0.25) is 14.4 Å². The Balaban J connectivity index is 4.28. The SMILES string of the molecule is CC/C=C\C/C=C\C/C=C\C/C=C\C/C=C\CCCCCCCCCCCC(=O)OCC(COC(=O)CCCCCCCCCCCCCCCC)OC(=O)CCCCCCCCCCCCCCCCCCCCCCCCC. The van der Waals surface area contributed by atoms with Crippen molar-refractivity contribution in [2.45, 2.75) is 380 Å². The molecule has 0 amide bonds. The van der Waals surface area contributed by atoms with Crippen molar-refractivity contribution in [1.29, 1.82) is 0 Å². The second-order valence-corrected chi connectivity index (χ2v) is 23.8. The van der Waals surface area contributed by atoms with Gasteiger partial charge in [0.2, 0.25) is 0 Å². The fourth-order valence-corrected chi connectivity index (χ4v) is 10.5. The van der Waals surface area contributed by atoms with Crippen LogP contribution in [0.2, 0.25) is 0 Å². The molecule has 6 heteroatoms. The molecule has 1 unspecified atom stereocenters. The summed E-state index contributed by atoms with van der Waals surface area (Å²) in [6.45, 7) is 6.59. The standard InChI is InChI=1S/C74H134O6/c1-4-7-10-13-16-19-22-25-28-30-32-34-36-37-39-40-42-44-46-49-52-55-58-61-64-67-73(76)79-70-71(69-78-72(75)66-63-60-57-54-51-48-27-24-21-18-15-12-9-6-3)80-74(77)68-65-62-59-56-53-50-47-45-43-41-38-35-33-31-29-26-23-20-17-14-11-8-5-2/h7,10,16,19,25,28,32,34,37,39,71H,4-6,8-9,11-15,17-18,20-24,26-27,29-31,33,35-36,38,40-70H2,1-3H3/b10-7-,19-16-,28-25-,34-32-,39-37-. The highest BCUT2D eigenvalue weighted by Crippen LogP contribution is 2.18. The molecule has 0 aliphatic rings. The molecule has 0 fully saturated rings. The monoisotopic (exact) mass is 1120 g/mol. The van der Waals surface area contributed by atoms with Crippen LogP contribution in [0.5, 0.6) is 0 Å². The van der Waals surface area contributed by atoms with E-state index in [1.54, 1.807) is 0 Å². The predicted molar refractivity (Wildman–Crippen MR) is 348 cm³/mol. The Bertz CT molecular complexity index is 1430.